The predicted octanol–water partition coefficient (Wildman–Crippen LogP) is 6.29. The first-order chi connectivity index (χ1) is 15.6. The number of rotatable bonds is 3. The van der Waals surface area contributed by atoms with E-state index in [4.69, 9.17) is 4.74 Å². The van der Waals surface area contributed by atoms with Crippen molar-refractivity contribution in [3.8, 4) is 0 Å². The molecule has 1 atom stereocenters. The Labute approximate surface area is 203 Å². The van der Waals surface area contributed by atoms with Crippen LogP contribution in [0, 0.1) is 0 Å². The molecule has 4 rings (SSSR count). The van der Waals surface area contributed by atoms with Gasteiger partial charge in [0.25, 0.3) is 0 Å². The summed E-state index contributed by atoms with van der Waals surface area (Å²) in [7, 11) is -3.71. The second-order valence-corrected chi connectivity index (χ2v) is 12.1. The van der Waals surface area contributed by atoms with Crippen LogP contribution in [0.2, 0.25) is 0 Å². The zero-order valence-electron chi connectivity index (χ0n) is 18.9. The van der Waals surface area contributed by atoms with Crippen molar-refractivity contribution >= 4 is 42.8 Å². The lowest BCUT2D eigenvalue weighted by molar-refractivity contribution is 0.00967. The summed E-state index contributed by atoms with van der Waals surface area (Å²) in [4.78, 5) is 19.6. The van der Waals surface area contributed by atoms with E-state index in [0.717, 1.165) is 30.2 Å². The number of sulfone groups is 1. The lowest BCUT2D eigenvalue weighted by Gasteiger charge is -2.37. The molecule has 174 valence electrons. The number of pyridine rings is 1. The van der Waals surface area contributed by atoms with Gasteiger partial charge in [-0.1, -0.05) is 40.2 Å². The van der Waals surface area contributed by atoms with Gasteiger partial charge in [-0.2, -0.15) is 0 Å². The minimum atomic E-state index is -3.71. The summed E-state index contributed by atoms with van der Waals surface area (Å²) in [6.07, 6.45) is 3.79. The van der Waals surface area contributed by atoms with Crippen LogP contribution in [-0.4, -0.2) is 36.5 Å². The Morgan fingerprint density at radius 2 is 1.85 bits per heavy atom. The summed E-state index contributed by atoms with van der Waals surface area (Å²) >= 11 is 3.33. The Morgan fingerprint density at radius 3 is 2.58 bits per heavy atom. The molecule has 2 aromatic carbocycles. The average molecular weight is 531 g/mol. The van der Waals surface area contributed by atoms with Crippen molar-refractivity contribution < 1.29 is 17.9 Å². The fraction of sp³-hybridized carbons (Fsp3) is 0.360. The van der Waals surface area contributed by atoms with Gasteiger partial charge in [-0.3, -0.25) is 4.98 Å². The number of likely N-dealkylation sites (tertiary alicyclic amines) is 1. The van der Waals surface area contributed by atoms with Crippen LogP contribution >= 0.6 is 15.9 Å². The molecule has 1 unspecified atom stereocenters. The Bertz CT molecular complexity index is 1300. The largest absolute Gasteiger partial charge is 0.444 e. The molecule has 1 aromatic heterocycles. The quantitative estimate of drug-likeness (QED) is 0.397. The highest BCUT2D eigenvalue weighted by Crippen LogP contribution is 2.36. The molecule has 1 aliphatic rings. The molecule has 6 nitrogen and oxygen atoms in total. The second kappa shape index (κ2) is 9.06. The Morgan fingerprint density at radius 1 is 1.09 bits per heavy atom. The first-order valence-electron chi connectivity index (χ1n) is 11.0. The number of halogens is 1. The highest BCUT2D eigenvalue weighted by atomic mass is 79.9. The van der Waals surface area contributed by atoms with Gasteiger partial charge in [-0.15, -0.1) is 0 Å². The summed E-state index contributed by atoms with van der Waals surface area (Å²) in [6.45, 7) is 6.19. The van der Waals surface area contributed by atoms with Crippen molar-refractivity contribution in [3.05, 3.63) is 64.8 Å². The van der Waals surface area contributed by atoms with E-state index in [0.29, 0.717) is 16.5 Å². The maximum Gasteiger partial charge on any atom is 0.410 e. The molecule has 1 amide bonds. The van der Waals surface area contributed by atoms with E-state index in [-0.39, 0.29) is 21.9 Å². The van der Waals surface area contributed by atoms with Crippen LogP contribution in [0.3, 0.4) is 0 Å². The van der Waals surface area contributed by atoms with E-state index in [9.17, 15) is 13.2 Å². The standard InChI is InChI=1S/C25H27BrN2O4S/c1-25(2,3)32-24(29)28-13-5-4-12-22(28)21-11-6-8-17-14-20(16-27-23(17)21)33(30,31)19-10-7-9-18(26)15-19/h6-11,14-16,22H,4-5,12-13H2,1-3H3. The maximum atomic E-state index is 13.2. The van der Waals surface area contributed by atoms with Crippen molar-refractivity contribution in [3.63, 3.8) is 0 Å². The van der Waals surface area contributed by atoms with E-state index in [1.807, 2.05) is 39.0 Å². The molecular formula is C25H27BrN2O4S. The van der Waals surface area contributed by atoms with Crippen LogP contribution in [0.15, 0.2) is 69.0 Å². The van der Waals surface area contributed by atoms with Gasteiger partial charge in [0.1, 0.15) is 5.60 Å². The van der Waals surface area contributed by atoms with E-state index in [2.05, 4.69) is 20.9 Å². The van der Waals surface area contributed by atoms with Crippen molar-refractivity contribution in [2.24, 2.45) is 0 Å². The summed E-state index contributed by atoms with van der Waals surface area (Å²) in [5.74, 6) is 0. The third kappa shape index (κ3) is 5.06. The summed E-state index contributed by atoms with van der Waals surface area (Å²) in [5.41, 5.74) is 1.03. The fourth-order valence-electron chi connectivity index (χ4n) is 4.14. The topological polar surface area (TPSA) is 76.6 Å². The van der Waals surface area contributed by atoms with Gasteiger partial charge in [0.2, 0.25) is 9.84 Å². The van der Waals surface area contributed by atoms with E-state index < -0.39 is 15.4 Å². The molecule has 2 heterocycles. The lowest BCUT2D eigenvalue weighted by Crippen LogP contribution is -2.41. The Kier molecular flexibility index (Phi) is 6.51. The molecule has 1 saturated heterocycles. The van der Waals surface area contributed by atoms with Crippen molar-refractivity contribution in [1.29, 1.82) is 0 Å². The SMILES string of the molecule is CC(C)(C)OC(=O)N1CCCCC1c1cccc2cc(S(=O)(=O)c3cccc(Br)c3)cnc12. The normalized spacial score (nSPS) is 17.2. The minimum Gasteiger partial charge on any atom is -0.444 e. The van der Waals surface area contributed by atoms with Gasteiger partial charge >= 0.3 is 6.09 Å². The van der Waals surface area contributed by atoms with Gasteiger partial charge in [0, 0.05) is 28.2 Å². The number of benzene rings is 2. The highest BCUT2D eigenvalue weighted by Gasteiger charge is 2.32. The molecule has 0 saturated carbocycles. The smallest absolute Gasteiger partial charge is 0.410 e. The van der Waals surface area contributed by atoms with Crippen molar-refractivity contribution in [2.45, 2.75) is 61.5 Å². The zero-order valence-corrected chi connectivity index (χ0v) is 21.3. The molecule has 0 N–H and O–H groups in total. The van der Waals surface area contributed by atoms with Gasteiger partial charge in [-0.25, -0.2) is 13.2 Å². The monoisotopic (exact) mass is 530 g/mol. The third-order valence-electron chi connectivity index (χ3n) is 5.62. The molecule has 0 spiro atoms. The number of aromatic nitrogens is 1. The molecule has 1 aliphatic heterocycles. The first kappa shape index (κ1) is 23.7. The first-order valence-corrected chi connectivity index (χ1v) is 13.2. The number of hydrogen-bond acceptors (Lipinski definition) is 5. The number of ether oxygens (including phenoxy) is 1. The zero-order chi connectivity index (χ0) is 23.8. The summed E-state index contributed by atoms with van der Waals surface area (Å²) in [5, 5.41) is 0.721. The van der Waals surface area contributed by atoms with E-state index >= 15 is 0 Å². The third-order valence-corrected chi connectivity index (χ3v) is 7.84. The van der Waals surface area contributed by atoms with Crippen molar-refractivity contribution in [2.75, 3.05) is 6.54 Å². The molecule has 1 fully saturated rings. The van der Waals surface area contributed by atoms with Crippen LogP contribution in [0.5, 0.6) is 0 Å². The predicted molar refractivity (Wildman–Crippen MR) is 131 cm³/mol. The van der Waals surface area contributed by atoms with Crippen molar-refractivity contribution in [1.82, 2.24) is 9.88 Å². The van der Waals surface area contributed by atoms with Crippen LogP contribution < -0.4 is 0 Å². The molecule has 0 bridgehead atoms. The molecule has 3 aromatic rings. The summed E-state index contributed by atoms with van der Waals surface area (Å²) in [6, 6.07) is 13.8. The number of amides is 1. The Balaban J connectivity index is 1.73. The van der Waals surface area contributed by atoms with Crippen LogP contribution in [0.25, 0.3) is 10.9 Å². The van der Waals surface area contributed by atoms with Gasteiger partial charge < -0.3 is 9.64 Å². The number of para-hydroxylation sites is 1. The number of nitrogens with zero attached hydrogens (tertiary/aromatic N) is 2. The van der Waals surface area contributed by atoms with E-state index in [1.54, 1.807) is 35.2 Å². The lowest BCUT2D eigenvalue weighted by atomic mass is 9.93. The maximum absolute atomic E-state index is 13.2. The van der Waals surface area contributed by atoms with Crippen LogP contribution in [0.4, 0.5) is 4.79 Å². The Hall–Kier alpha value is -2.45. The van der Waals surface area contributed by atoms with Gasteiger partial charge in [0.15, 0.2) is 0 Å². The van der Waals surface area contributed by atoms with Crippen LogP contribution in [-0.2, 0) is 14.6 Å². The summed E-state index contributed by atoms with van der Waals surface area (Å²) < 4.78 is 32.7. The molecule has 33 heavy (non-hydrogen) atoms. The fourth-order valence-corrected chi connectivity index (χ4v) is 5.98. The number of hydrogen-bond donors (Lipinski definition) is 0. The van der Waals surface area contributed by atoms with Gasteiger partial charge in [-0.05, 0) is 64.3 Å². The molecular weight excluding hydrogens is 504 g/mol. The van der Waals surface area contributed by atoms with Crippen LogP contribution in [0.1, 0.15) is 51.6 Å². The molecule has 0 radical (unpaired) electrons. The average Bonchev–Trinajstić information content (AvgIpc) is 2.77. The van der Waals surface area contributed by atoms with E-state index in [1.165, 1.54) is 6.20 Å². The number of carbonyl (C=O) groups is 1. The number of fused-ring (bicyclic) bond motifs is 1. The molecule has 8 heteroatoms. The second-order valence-electron chi connectivity index (χ2n) is 9.24. The minimum absolute atomic E-state index is 0.137. The van der Waals surface area contributed by atoms with Gasteiger partial charge in [0.05, 0.1) is 21.3 Å². The number of carbonyl (C=O) groups excluding carboxylic acids is 1. The molecule has 0 aliphatic carbocycles. The number of piperidine rings is 1. The highest BCUT2D eigenvalue weighted by molar-refractivity contribution is 9.10.